The van der Waals surface area contributed by atoms with E-state index in [4.69, 9.17) is 9.15 Å². The first kappa shape index (κ1) is 22.6. The normalized spacial score (nSPS) is 17.1. The van der Waals surface area contributed by atoms with Crippen molar-refractivity contribution in [3.05, 3.63) is 60.6 Å². The minimum absolute atomic E-state index is 0.0372. The van der Waals surface area contributed by atoms with E-state index in [0.29, 0.717) is 29.6 Å². The maximum atomic E-state index is 13.3. The second-order valence-corrected chi connectivity index (χ2v) is 10.8. The van der Waals surface area contributed by atoms with E-state index in [9.17, 15) is 8.42 Å². The fourth-order valence-electron chi connectivity index (χ4n) is 4.65. The topological polar surface area (TPSA) is 90.5 Å². The molecule has 0 radical (unpaired) electrons. The fraction of sp³-hybridized carbons (Fsp3) is 0.360. The molecule has 8 nitrogen and oxygen atoms in total. The van der Waals surface area contributed by atoms with Gasteiger partial charge in [-0.15, -0.1) is 10.2 Å². The van der Waals surface area contributed by atoms with Crippen LogP contribution in [0, 0.1) is 0 Å². The predicted molar refractivity (Wildman–Crippen MR) is 129 cm³/mol. The Balaban J connectivity index is 1.40. The first-order chi connectivity index (χ1) is 16.4. The molecule has 2 aromatic carbocycles. The summed E-state index contributed by atoms with van der Waals surface area (Å²) in [6.07, 6.45) is 4.29. The summed E-state index contributed by atoms with van der Waals surface area (Å²) in [7, 11) is -3.57. The molecule has 0 saturated carbocycles. The Hall–Kier alpha value is -3.17. The Labute approximate surface area is 199 Å². The number of benzene rings is 2. The van der Waals surface area contributed by atoms with Crippen LogP contribution in [-0.2, 0) is 16.6 Å². The number of ether oxygens (including phenoxy) is 1. The van der Waals surface area contributed by atoms with Crippen molar-refractivity contribution in [1.29, 1.82) is 0 Å². The van der Waals surface area contributed by atoms with Crippen molar-refractivity contribution in [3.63, 3.8) is 0 Å². The highest BCUT2D eigenvalue weighted by molar-refractivity contribution is 7.89. The lowest BCUT2D eigenvalue weighted by Gasteiger charge is -2.17. The molecule has 5 rings (SSSR count). The average Bonchev–Trinajstić information content (AvgIpc) is 3.58. The van der Waals surface area contributed by atoms with Gasteiger partial charge in [0.05, 0.1) is 11.0 Å². The molecule has 0 spiro atoms. The zero-order valence-electron chi connectivity index (χ0n) is 19.5. The van der Waals surface area contributed by atoms with Gasteiger partial charge < -0.3 is 13.7 Å². The van der Waals surface area contributed by atoms with Gasteiger partial charge in [-0.25, -0.2) is 8.42 Å². The first-order valence-corrected chi connectivity index (χ1v) is 13.0. The summed E-state index contributed by atoms with van der Waals surface area (Å²) in [5.74, 6) is 1.28. The maximum Gasteiger partial charge on any atom is 0.247 e. The largest absolute Gasteiger partial charge is 0.491 e. The third-order valence-electron chi connectivity index (χ3n) is 6.28. The molecule has 1 aliphatic rings. The van der Waals surface area contributed by atoms with Gasteiger partial charge in [0.2, 0.25) is 22.3 Å². The number of hydrogen-bond donors (Lipinski definition) is 0. The average molecular weight is 481 g/mol. The van der Waals surface area contributed by atoms with Crippen LogP contribution in [0.1, 0.15) is 38.7 Å². The Bertz CT molecular complexity index is 1390. The summed E-state index contributed by atoms with van der Waals surface area (Å²) in [5, 5.41) is 8.91. The van der Waals surface area contributed by atoms with Crippen LogP contribution in [0.5, 0.6) is 5.75 Å². The summed E-state index contributed by atoms with van der Waals surface area (Å²) < 4.78 is 41.4. The van der Waals surface area contributed by atoms with Gasteiger partial charge >= 0.3 is 0 Å². The monoisotopic (exact) mass is 480 g/mol. The van der Waals surface area contributed by atoms with E-state index < -0.39 is 10.0 Å². The molecule has 1 fully saturated rings. The summed E-state index contributed by atoms with van der Waals surface area (Å²) >= 11 is 0. The summed E-state index contributed by atoms with van der Waals surface area (Å²) in [4.78, 5) is 0.296. The molecule has 1 aliphatic heterocycles. The molecule has 0 bridgehead atoms. The molecule has 9 heteroatoms. The number of sulfonamides is 1. The Morgan fingerprint density at radius 1 is 1.18 bits per heavy atom. The number of fused-ring (bicyclic) bond motifs is 1. The highest BCUT2D eigenvalue weighted by atomic mass is 32.2. The van der Waals surface area contributed by atoms with Gasteiger partial charge in [0.25, 0.3) is 0 Å². The van der Waals surface area contributed by atoms with Crippen LogP contribution in [0.2, 0.25) is 0 Å². The highest BCUT2D eigenvalue weighted by Crippen LogP contribution is 2.37. The van der Waals surface area contributed by atoms with Crippen LogP contribution < -0.4 is 4.74 Å². The highest BCUT2D eigenvalue weighted by Gasteiger charge is 2.34. The van der Waals surface area contributed by atoms with E-state index in [2.05, 4.69) is 40.0 Å². The number of nitrogens with zero attached hydrogens (tertiary/aromatic N) is 4. The van der Waals surface area contributed by atoms with Crippen LogP contribution in [0.15, 0.2) is 64.4 Å². The van der Waals surface area contributed by atoms with Gasteiger partial charge in [-0.05, 0) is 69.2 Å². The number of rotatable bonds is 7. The van der Waals surface area contributed by atoms with Crippen molar-refractivity contribution in [2.75, 3.05) is 13.1 Å². The van der Waals surface area contributed by atoms with Crippen LogP contribution in [0.25, 0.3) is 22.4 Å². The summed E-state index contributed by atoms with van der Waals surface area (Å²) in [6, 6.07) is 12.8. The van der Waals surface area contributed by atoms with E-state index in [1.54, 1.807) is 28.6 Å². The second kappa shape index (κ2) is 8.88. The molecular formula is C25H28N4O4S. The Kier molecular flexibility index (Phi) is 5.91. The quantitative estimate of drug-likeness (QED) is 0.382. The van der Waals surface area contributed by atoms with E-state index in [1.165, 1.54) is 12.0 Å². The van der Waals surface area contributed by atoms with E-state index in [0.717, 1.165) is 29.4 Å². The molecule has 0 amide bonds. The third-order valence-corrected chi connectivity index (χ3v) is 8.16. The van der Waals surface area contributed by atoms with Crippen molar-refractivity contribution in [2.45, 2.75) is 50.7 Å². The van der Waals surface area contributed by atoms with Crippen LogP contribution in [0.4, 0.5) is 0 Å². The van der Waals surface area contributed by atoms with Gasteiger partial charge in [0.15, 0.2) is 0 Å². The lowest BCUT2D eigenvalue weighted by molar-refractivity contribution is 0.242. The minimum atomic E-state index is -3.57. The van der Waals surface area contributed by atoms with Gasteiger partial charge in [-0.1, -0.05) is 6.07 Å². The number of hydrogen-bond acceptors (Lipinski definition) is 6. The molecule has 0 aliphatic carbocycles. The maximum absolute atomic E-state index is 13.3. The summed E-state index contributed by atoms with van der Waals surface area (Å²) in [6.45, 7) is 7.74. The Morgan fingerprint density at radius 2 is 1.97 bits per heavy atom. The smallest absolute Gasteiger partial charge is 0.247 e. The molecule has 0 N–H and O–H groups in total. The molecule has 1 saturated heterocycles. The number of aryl methyl sites for hydroxylation is 1. The SMILES string of the molecule is CCn1cc(C2CCN(S(=O)(=O)c3ccc(OC(C)C)cc3)C2)c2ccc(-c3nnco3)cc21. The molecule has 3 heterocycles. The first-order valence-electron chi connectivity index (χ1n) is 11.5. The number of aromatic nitrogens is 3. The van der Waals surface area contributed by atoms with Crippen molar-refractivity contribution in [3.8, 4) is 17.2 Å². The fourth-order valence-corrected chi connectivity index (χ4v) is 6.15. The van der Waals surface area contributed by atoms with E-state index in [1.807, 2.05) is 19.9 Å². The zero-order valence-corrected chi connectivity index (χ0v) is 20.3. The van der Waals surface area contributed by atoms with E-state index >= 15 is 0 Å². The minimum Gasteiger partial charge on any atom is -0.491 e. The van der Waals surface area contributed by atoms with Crippen LogP contribution >= 0.6 is 0 Å². The molecule has 2 aromatic heterocycles. The van der Waals surface area contributed by atoms with Crippen molar-refractivity contribution in [2.24, 2.45) is 0 Å². The van der Waals surface area contributed by atoms with Gasteiger partial charge in [0.1, 0.15) is 5.75 Å². The van der Waals surface area contributed by atoms with Crippen molar-refractivity contribution < 1.29 is 17.6 Å². The van der Waals surface area contributed by atoms with Crippen molar-refractivity contribution in [1.82, 2.24) is 19.1 Å². The van der Waals surface area contributed by atoms with Crippen LogP contribution in [-0.4, -0.2) is 46.7 Å². The van der Waals surface area contributed by atoms with E-state index in [-0.39, 0.29) is 12.0 Å². The van der Waals surface area contributed by atoms with Gasteiger partial charge in [-0.2, -0.15) is 4.31 Å². The molecule has 34 heavy (non-hydrogen) atoms. The predicted octanol–water partition coefficient (Wildman–Crippen LogP) is 4.68. The molecule has 4 aromatic rings. The second-order valence-electron chi connectivity index (χ2n) is 8.83. The summed E-state index contributed by atoms with van der Waals surface area (Å²) in [5.41, 5.74) is 3.12. The zero-order chi connectivity index (χ0) is 23.9. The van der Waals surface area contributed by atoms with Gasteiger partial charge in [-0.3, -0.25) is 0 Å². The molecule has 178 valence electrons. The third kappa shape index (κ3) is 4.10. The lowest BCUT2D eigenvalue weighted by atomic mass is 9.97. The van der Waals surface area contributed by atoms with Crippen LogP contribution in [0.3, 0.4) is 0 Å². The van der Waals surface area contributed by atoms with Gasteiger partial charge in [0, 0.05) is 48.2 Å². The standard InChI is InChI=1S/C25H28N4O4S/c1-4-28-15-23(22-10-5-18(13-24(22)28)25-27-26-16-32-25)19-11-12-29(14-19)34(30,31)21-8-6-20(7-9-21)33-17(2)3/h5-10,13,15-17,19H,4,11-12,14H2,1-3H3. The molecule has 1 unspecified atom stereocenters. The molecule has 1 atom stereocenters. The Morgan fingerprint density at radius 3 is 2.65 bits per heavy atom. The molecular weight excluding hydrogens is 452 g/mol. The van der Waals surface area contributed by atoms with Crippen molar-refractivity contribution >= 4 is 20.9 Å². The lowest BCUT2D eigenvalue weighted by Crippen LogP contribution is -2.28.